The van der Waals surface area contributed by atoms with Gasteiger partial charge in [-0.3, -0.25) is 4.79 Å². The Bertz CT molecular complexity index is 690. The molecular weight excluding hydrogens is 310 g/mol. The second-order valence-corrected chi connectivity index (χ2v) is 5.94. The zero-order valence-electron chi connectivity index (χ0n) is 13.9. The van der Waals surface area contributed by atoms with Gasteiger partial charge in [-0.2, -0.15) is 4.98 Å². The van der Waals surface area contributed by atoms with E-state index in [9.17, 15) is 4.79 Å². The maximum atomic E-state index is 12.3. The summed E-state index contributed by atoms with van der Waals surface area (Å²) < 4.78 is 15.7. The highest BCUT2D eigenvalue weighted by Crippen LogP contribution is 2.37. The largest absolute Gasteiger partial charge is 0.497 e. The van der Waals surface area contributed by atoms with Gasteiger partial charge in [0.25, 0.3) is 5.91 Å². The molecule has 3 rings (SSSR count). The third kappa shape index (κ3) is 3.50. The molecule has 0 aliphatic heterocycles. The van der Waals surface area contributed by atoms with Crippen LogP contribution >= 0.6 is 0 Å². The first-order valence-electron chi connectivity index (χ1n) is 8.00. The fourth-order valence-corrected chi connectivity index (χ4v) is 3.00. The van der Waals surface area contributed by atoms with Crippen LogP contribution in [0.15, 0.2) is 28.8 Å². The Morgan fingerprint density at radius 1 is 1.25 bits per heavy atom. The Labute approximate surface area is 140 Å². The van der Waals surface area contributed by atoms with E-state index in [1.807, 2.05) is 0 Å². The zero-order chi connectivity index (χ0) is 17.0. The van der Waals surface area contributed by atoms with Gasteiger partial charge in [-0.05, 0) is 37.1 Å². The Kier molecular flexibility index (Phi) is 4.69. The van der Waals surface area contributed by atoms with Gasteiger partial charge < -0.3 is 19.3 Å². The molecule has 1 saturated carbocycles. The molecule has 0 radical (unpaired) electrons. The van der Waals surface area contributed by atoms with E-state index in [-0.39, 0.29) is 12.5 Å². The van der Waals surface area contributed by atoms with Gasteiger partial charge in [0.2, 0.25) is 5.89 Å². The Morgan fingerprint density at radius 2 is 1.92 bits per heavy atom. The predicted octanol–water partition coefficient (Wildman–Crippen LogP) is 2.35. The molecule has 0 saturated heterocycles. The molecule has 7 nitrogen and oxygen atoms in total. The minimum atomic E-state index is -0.544. The van der Waals surface area contributed by atoms with E-state index in [4.69, 9.17) is 14.0 Å². The number of ether oxygens (including phenoxy) is 2. The van der Waals surface area contributed by atoms with Crippen molar-refractivity contribution in [1.82, 2.24) is 15.5 Å². The number of aromatic nitrogens is 2. The van der Waals surface area contributed by atoms with Crippen LogP contribution < -0.4 is 14.8 Å². The highest BCUT2D eigenvalue weighted by Gasteiger charge is 2.41. The third-order valence-electron chi connectivity index (χ3n) is 4.22. The molecule has 7 heteroatoms. The molecule has 1 fully saturated rings. The molecule has 0 spiro atoms. The summed E-state index contributed by atoms with van der Waals surface area (Å²) >= 11 is 0. The minimum Gasteiger partial charge on any atom is -0.497 e. The number of benzene rings is 1. The second kappa shape index (κ2) is 6.90. The summed E-state index contributed by atoms with van der Waals surface area (Å²) in [5, 5.41) is 7.05. The summed E-state index contributed by atoms with van der Waals surface area (Å²) in [7, 11) is 1.60. The second-order valence-electron chi connectivity index (χ2n) is 5.94. The number of methoxy groups -OCH3 is 1. The highest BCUT2D eigenvalue weighted by atomic mass is 16.5. The van der Waals surface area contributed by atoms with Crippen LogP contribution in [-0.2, 0) is 10.3 Å². The van der Waals surface area contributed by atoms with Gasteiger partial charge in [-0.1, -0.05) is 18.0 Å². The number of hydrogen-bond donors (Lipinski definition) is 1. The van der Waals surface area contributed by atoms with Gasteiger partial charge in [0, 0.05) is 6.92 Å². The van der Waals surface area contributed by atoms with E-state index in [1.54, 1.807) is 38.3 Å². The number of rotatable bonds is 6. The van der Waals surface area contributed by atoms with E-state index in [0.29, 0.717) is 17.5 Å². The minimum absolute atomic E-state index is 0.0646. The topological polar surface area (TPSA) is 86.5 Å². The molecule has 2 aromatic rings. The number of carbonyl (C=O) groups excluding carboxylic acids is 1. The van der Waals surface area contributed by atoms with Crippen LogP contribution in [0.25, 0.3) is 0 Å². The molecule has 1 heterocycles. The quantitative estimate of drug-likeness (QED) is 0.874. The molecule has 1 aromatic carbocycles. The number of carbonyl (C=O) groups is 1. The summed E-state index contributed by atoms with van der Waals surface area (Å²) in [6.45, 7) is 1.68. The summed E-state index contributed by atoms with van der Waals surface area (Å²) in [5.41, 5.74) is -0.544. The summed E-state index contributed by atoms with van der Waals surface area (Å²) in [6, 6.07) is 7.10. The van der Waals surface area contributed by atoms with Gasteiger partial charge in [-0.25, -0.2) is 0 Å². The number of aryl methyl sites for hydroxylation is 1. The van der Waals surface area contributed by atoms with Gasteiger partial charge in [0.15, 0.2) is 12.4 Å². The van der Waals surface area contributed by atoms with Gasteiger partial charge in [0.1, 0.15) is 17.0 Å². The lowest BCUT2D eigenvalue weighted by Gasteiger charge is -2.26. The van der Waals surface area contributed by atoms with Crippen molar-refractivity contribution in [2.24, 2.45) is 0 Å². The van der Waals surface area contributed by atoms with Crippen molar-refractivity contribution in [2.45, 2.75) is 38.1 Å². The van der Waals surface area contributed by atoms with Crippen LogP contribution in [0.2, 0.25) is 0 Å². The van der Waals surface area contributed by atoms with E-state index < -0.39 is 5.54 Å². The van der Waals surface area contributed by atoms with Crippen molar-refractivity contribution in [3.63, 3.8) is 0 Å². The Hall–Kier alpha value is -2.57. The lowest BCUT2D eigenvalue weighted by molar-refractivity contribution is -0.125. The number of nitrogens with one attached hydrogen (secondary N) is 1. The lowest BCUT2D eigenvalue weighted by atomic mass is 9.96. The average Bonchev–Trinajstić information content (AvgIpc) is 3.23. The van der Waals surface area contributed by atoms with Gasteiger partial charge in [0.05, 0.1) is 7.11 Å². The van der Waals surface area contributed by atoms with Crippen LogP contribution in [0.1, 0.15) is 37.4 Å². The van der Waals surface area contributed by atoms with Crippen molar-refractivity contribution >= 4 is 5.91 Å². The van der Waals surface area contributed by atoms with E-state index in [0.717, 1.165) is 31.4 Å². The summed E-state index contributed by atoms with van der Waals surface area (Å²) in [5.74, 6) is 2.21. The van der Waals surface area contributed by atoms with Gasteiger partial charge in [-0.15, -0.1) is 0 Å². The predicted molar refractivity (Wildman–Crippen MR) is 85.8 cm³/mol. The average molecular weight is 331 g/mol. The van der Waals surface area contributed by atoms with Gasteiger partial charge >= 0.3 is 0 Å². The van der Waals surface area contributed by atoms with Crippen molar-refractivity contribution in [3.05, 3.63) is 36.0 Å². The lowest BCUT2D eigenvalue weighted by Crippen LogP contribution is -2.46. The van der Waals surface area contributed by atoms with Crippen molar-refractivity contribution in [3.8, 4) is 11.5 Å². The molecule has 1 aliphatic carbocycles. The maximum Gasteiger partial charge on any atom is 0.258 e. The van der Waals surface area contributed by atoms with Crippen LogP contribution in [0.5, 0.6) is 11.5 Å². The monoisotopic (exact) mass is 331 g/mol. The Balaban J connectivity index is 1.61. The number of hydrogen-bond acceptors (Lipinski definition) is 6. The van der Waals surface area contributed by atoms with E-state index in [2.05, 4.69) is 15.5 Å². The third-order valence-corrected chi connectivity index (χ3v) is 4.22. The van der Waals surface area contributed by atoms with Crippen molar-refractivity contribution in [2.75, 3.05) is 13.7 Å². The zero-order valence-corrected chi connectivity index (χ0v) is 13.9. The smallest absolute Gasteiger partial charge is 0.258 e. The molecular formula is C17H21N3O4. The van der Waals surface area contributed by atoms with E-state index >= 15 is 0 Å². The molecule has 1 aromatic heterocycles. The maximum absolute atomic E-state index is 12.3. The first-order valence-corrected chi connectivity index (χ1v) is 8.00. The fraction of sp³-hybridized carbons (Fsp3) is 0.471. The first kappa shape index (κ1) is 16.3. The molecule has 1 amide bonds. The molecule has 24 heavy (non-hydrogen) atoms. The van der Waals surface area contributed by atoms with Crippen LogP contribution in [0.3, 0.4) is 0 Å². The molecule has 1 aliphatic rings. The molecule has 0 bridgehead atoms. The van der Waals surface area contributed by atoms with Crippen molar-refractivity contribution < 1.29 is 18.8 Å². The van der Waals surface area contributed by atoms with Crippen LogP contribution in [0, 0.1) is 6.92 Å². The summed E-state index contributed by atoms with van der Waals surface area (Å²) in [4.78, 5) is 16.6. The fourth-order valence-electron chi connectivity index (χ4n) is 3.00. The van der Waals surface area contributed by atoms with Crippen LogP contribution in [-0.4, -0.2) is 29.8 Å². The molecule has 0 unspecified atom stereocenters. The molecule has 0 atom stereocenters. The Morgan fingerprint density at radius 3 is 2.50 bits per heavy atom. The number of nitrogens with zero attached hydrogens (tertiary/aromatic N) is 2. The highest BCUT2D eigenvalue weighted by molar-refractivity contribution is 5.78. The molecule has 1 N–H and O–H groups in total. The van der Waals surface area contributed by atoms with Crippen molar-refractivity contribution in [1.29, 1.82) is 0 Å². The number of amides is 1. The van der Waals surface area contributed by atoms with Crippen LogP contribution in [0.4, 0.5) is 0 Å². The summed E-state index contributed by atoms with van der Waals surface area (Å²) in [6.07, 6.45) is 3.65. The van der Waals surface area contributed by atoms with E-state index in [1.165, 1.54) is 0 Å². The first-order chi connectivity index (χ1) is 11.6. The molecule has 128 valence electrons. The normalized spacial score (nSPS) is 15.9. The standard InChI is InChI=1S/C17H21N3O4/c1-12-18-16(20-24-12)17(9-3-4-10-17)19-15(21)11-23-14-7-5-13(22-2)6-8-14/h5-8H,3-4,9-11H2,1-2H3,(H,19,21). The SMILES string of the molecule is COc1ccc(OCC(=O)NC2(c3noc(C)n3)CCCC2)cc1.